The van der Waals surface area contributed by atoms with Crippen LogP contribution in [-0.2, 0) is 6.42 Å². The first-order valence-corrected chi connectivity index (χ1v) is 6.72. The Bertz CT molecular complexity index is 687. The number of hydrogen-bond donors (Lipinski definition) is 0. The second kappa shape index (κ2) is 5.36. The smallest absolute Gasteiger partial charge is 0.0832 e. The summed E-state index contributed by atoms with van der Waals surface area (Å²) in [6, 6.07) is 8.06. The van der Waals surface area contributed by atoms with Gasteiger partial charge in [-0.3, -0.25) is 4.98 Å². The molecule has 0 spiro atoms. The van der Waals surface area contributed by atoms with E-state index in [1.807, 2.05) is 41.3 Å². The first-order valence-electron chi connectivity index (χ1n) is 6.19. The molecule has 0 saturated carbocycles. The molecule has 0 amide bonds. The second-order valence-electron chi connectivity index (χ2n) is 4.32. The third-order valence-electron chi connectivity index (χ3n) is 3.01. The van der Waals surface area contributed by atoms with Gasteiger partial charge in [0.05, 0.1) is 17.6 Å². The van der Waals surface area contributed by atoms with Crippen molar-refractivity contribution in [2.75, 3.05) is 5.88 Å². The summed E-state index contributed by atoms with van der Waals surface area (Å²) in [5, 5.41) is 10.6. The van der Waals surface area contributed by atoms with Crippen LogP contribution < -0.4 is 0 Å². The van der Waals surface area contributed by atoms with E-state index in [1.165, 1.54) is 0 Å². The number of benzene rings is 1. The molecule has 0 aliphatic heterocycles. The van der Waals surface area contributed by atoms with Crippen molar-refractivity contribution in [2.45, 2.75) is 12.8 Å². The summed E-state index contributed by atoms with van der Waals surface area (Å²) in [6.45, 7) is 0. The molecule has 3 rings (SSSR count). The van der Waals surface area contributed by atoms with Gasteiger partial charge in [0.1, 0.15) is 0 Å². The van der Waals surface area contributed by atoms with Gasteiger partial charge in [-0.2, -0.15) is 0 Å². The summed E-state index contributed by atoms with van der Waals surface area (Å²) in [5.41, 5.74) is 1.98. The van der Waals surface area contributed by atoms with Crippen LogP contribution in [0.25, 0.3) is 16.5 Å². The van der Waals surface area contributed by atoms with Crippen molar-refractivity contribution in [3.05, 3.63) is 48.5 Å². The van der Waals surface area contributed by atoms with Gasteiger partial charge >= 0.3 is 0 Å². The maximum atomic E-state index is 5.69. The van der Waals surface area contributed by atoms with Crippen molar-refractivity contribution in [1.29, 1.82) is 0 Å². The lowest BCUT2D eigenvalue weighted by atomic mass is 10.1. The number of nitrogens with zero attached hydrogens (tertiary/aromatic N) is 4. The van der Waals surface area contributed by atoms with Gasteiger partial charge in [-0.05, 0) is 25.0 Å². The summed E-state index contributed by atoms with van der Waals surface area (Å²) in [7, 11) is 0. The minimum absolute atomic E-state index is 0.646. The van der Waals surface area contributed by atoms with Crippen molar-refractivity contribution >= 4 is 22.4 Å². The molecule has 0 saturated heterocycles. The van der Waals surface area contributed by atoms with E-state index in [1.54, 1.807) is 6.20 Å². The fourth-order valence-electron chi connectivity index (χ4n) is 2.08. The molecular formula is C14H13ClN4. The third-order valence-corrected chi connectivity index (χ3v) is 3.28. The van der Waals surface area contributed by atoms with Crippen LogP contribution >= 0.6 is 11.6 Å². The van der Waals surface area contributed by atoms with Crippen LogP contribution in [0.2, 0.25) is 0 Å². The SMILES string of the molecule is ClCCCc1cn(-c2cccc3cnccc23)nn1. The molecule has 0 fully saturated rings. The Morgan fingerprint density at radius 2 is 2.16 bits per heavy atom. The Kier molecular flexibility index (Phi) is 3.42. The number of fused-ring (bicyclic) bond motifs is 1. The van der Waals surface area contributed by atoms with E-state index < -0.39 is 0 Å². The largest absolute Gasteiger partial charge is 0.264 e. The van der Waals surface area contributed by atoms with E-state index in [9.17, 15) is 0 Å². The van der Waals surface area contributed by atoms with Crippen molar-refractivity contribution in [2.24, 2.45) is 0 Å². The monoisotopic (exact) mass is 272 g/mol. The first kappa shape index (κ1) is 12.1. The van der Waals surface area contributed by atoms with Gasteiger partial charge in [-0.1, -0.05) is 17.3 Å². The van der Waals surface area contributed by atoms with Gasteiger partial charge in [-0.25, -0.2) is 4.68 Å². The molecule has 0 N–H and O–H groups in total. The minimum atomic E-state index is 0.646. The zero-order valence-corrected chi connectivity index (χ0v) is 11.1. The number of halogens is 1. The first-order chi connectivity index (χ1) is 9.38. The Labute approximate surface area is 116 Å². The Balaban J connectivity index is 2.02. The van der Waals surface area contributed by atoms with E-state index in [2.05, 4.69) is 15.3 Å². The Morgan fingerprint density at radius 1 is 1.21 bits per heavy atom. The molecule has 0 radical (unpaired) electrons. The van der Waals surface area contributed by atoms with Crippen molar-refractivity contribution in [3.8, 4) is 5.69 Å². The van der Waals surface area contributed by atoms with Crippen molar-refractivity contribution in [1.82, 2.24) is 20.0 Å². The number of hydrogen-bond acceptors (Lipinski definition) is 3. The molecule has 1 aromatic carbocycles. The molecule has 5 heteroatoms. The van der Waals surface area contributed by atoms with Crippen LogP contribution in [0.3, 0.4) is 0 Å². The summed E-state index contributed by atoms with van der Waals surface area (Å²) >= 11 is 5.69. The molecule has 2 heterocycles. The average molecular weight is 273 g/mol. The van der Waals surface area contributed by atoms with Gasteiger partial charge in [0.15, 0.2) is 0 Å². The van der Waals surface area contributed by atoms with Gasteiger partial charge in [0.2, 0.25) is 0 Å². The topological polar surface area (TPSA) is 43.6 Å². The molecule has 96 valence electrons. The Morgan fingerprint density at radius 3 is 3.05 bits per heavy atom. The molecule has 0 aliphatic carbocycles. The van der Waals surface area contributed by atoms with E-state index >= 15 is 0 Å². The molecule has 0 aliphatic rings. The van der Waals surface area contributed by atoms with Crippen molar-refractivity contribution in [3.63, 3.8) is 0 Å². The lowest BCUT2D eigenvalue weighted by molar-refractivity contribution is 0.796. The number of rotatable bonds is 4. The second-order valence-corrected chi connectivity index (χ2v) is 4.70. The lowest BCUT2D eigenvalue weighted by Gasteiger charge is -2.04. The average Bonchev–Trinajstić information content (AvgIpc) is 2.93. The lowest BCUT2D eigenvalue weighted by Crippen LogP contribution is -1.96. The van der Waals surface area contributed by atoms with E-state index in [0.717, 1.165) is 35.0 Å². The maximum absolute atomic E-state index is 5.69. The summed E-state index contributed by atoms with van der Waals surface area (Å²) in [6.07, 6.45) is 7.37. The van der Waals surface area contributed by atoms with Crippen LogP contribution in [0.4, 0.5) is 0 Å². The zero-order valence-electron chi connectivity index (χ0n) is 10.3. The van der Waals surface area contributed by atoms with Gasteiger partial charge in [0.25, 0.3) is 0 Å². The number of aryl methyl sites for hydroxylation is 1. The van der Waals surface area contributed by atoms with Crippen LogP contribution in [0.15, 0.2) is 42.9 Å². The number of alkyl halides is 1. The molecule has 4 nitrogen and oxygen atoms in total. The summed E-state index contributed by atoms with van der Waals surface area (Å²) in [4.78, 5) is 4.13. The standard InChI is InChI=1S/C14H13ClN4/c15-7-2-4-12-10-19(18-17-12)14-5-1-3-11-9-16-8-6-13(11)14/h1,3,5-6,8-10H,2,4,7H2. The summed E-state index contributed by atoms with van der Waals surface area (Å²) in [5.74, 6) is 0.646. The third kappa shape index (κ3) is 2.44. The molecule has 3 aromatic rings. The molecule has 0 unspecified atom stereocenters. The normalized spacial score (nSPS) is 11.0. The molecule has 0 bridgehead atoms. The van der Waals surface area contributed by atoms with Gasteiger partial charge in [-0.15, -0.1) is 16.7 Å². The minimum Gasteiger partial charge on any atom is -0.264 e. The highest BCUT2D eigenvalue weighted by atomic mass is 35.5. The molecule has 19 heavy (non-hydrogen) atoms. The molecule has 0 atom stereocenters. The fraction of sp³-hybridized carbons (Fsp3) is 0.214. The van der Waals surface area contributed by atoms with E-state index in [0.29, 0.717) is 5.88 Å². The predicted octanol–water partition coefficient (Wildman–Crippen LogP) is 2.99. The molecular weight excluding hydrogens is 260 g/mol. The van der Waals surface area contributed by atoms with Crippen LogP contribution in [-0.4, -0.2) is 25.9 Å². The molecule has 2 aromatic heterocycles. The number of aromatic nitrogens is 4. The fourth-order valence-corrected chi connectivity index (χ4v) is 2.22. The predicted molar refractivity (Wildman–Crippen MR) is 75.7 cm³/mol. The van der Waals surface area contributed by atoms with E-state index in [4.69, 9.17) is 11.6 Å². The van der Waals surface area contributed by atoms with Crippen LogP contribution in [0.1, 0.15) is 12.1 Å². The Hall–Kier alpha value is -1.94. The quantitative estimate of drug-likeness (QED) is 0.686. The van der Waals surface area contributed by atoms with Crippen molar-refractivity contribution < 1.29 is 0 Å². The van der Waals surface area contributed by atoms with Gasteiger partial charge in [0, 0.05) is 29.0 Å². The maximum Gasteiger partial charge on any atom is 0.0832 e. The zero-order chi connectivity index (χ0) is 13.1. The van der Waals surface area contributed by atoms with Crippen LogP contribution in [0, 0.1) is 0 Å². The summed E-state index contributed by atoms with van der Waals surface area (Å²) < 4.78 is 1.81. The van der Waals surface area contributed by atoms with Gasteiger partial charge < -0.3 is 0 Å². The van der Waals surface area contributed by atoms with E-state index in [-0.39, 0.29) is 0 Å². The highest BCUT2D eigenvalue weighted by Crippen LogP contribution is 2.20. The highest BCUT2D eigenvalue weighted by Gasteiger charge is 2.06. The number of pyridine rings is 1. The highest BCUT2D eigenvalue weighted by molar-refractivity contribution is 6.17. The van der Waals surface area contributed by atoms with Crippen LogP contribution in [0.5, 0.6) is 0 Å².